The lowest BCUT2D eigenvalue weighted by Crippen LogP contribution is -2.47. The number of benzene rings is 2. The predicted octanol–water partition coefficient (Wildman–Crippen LogP) is 3.84. The van der Waals surface area contributed by atoms with E-state index in [-0.39, 0.29) is 11.5 Å². The molecule has 0 atom stereocenters. The van der Waals surface area contributed by atoms with Crippen molar-refractivity contribution in [1.82, 2.24) is 9.80 Å². The van der Waals surface area contributed by atoms with Gasteiger partial charge in [-0.3, -0.25) is 0 Å². The molecule has 2 aromatic rings. The van der Waals surface area contributed by atoms with Crippen LogP contribution in [0.15, 0.2) is 30.3 Å². The molecule has 180 valence electrons. The first kappa shape index (κ1) is 24.0. The van der Waals surface area contributed by atoms with Crippen LogP contribution < -0.4 is 4.74 Å². The highest BCUT2D eigenvalue weighted by atomic mass is 19.4. The number of piperazine rings is 1. The summed E-state index contributed by atoms with van der Waals surface area (Å²) in [6.07, 6.45) is -3.35. The first-order chi connectivity index (χ1) is 16.2. The van der Waals surface area contributed by atoms with Crippen LogP contribution in [-0.2, 0) is 24.2 Å². The Balaban J connectivity index is 1.25. The maximum atomic E-state index is 12.6. The molecule has 9 heteroatoms. The van der Waals surface area contributed by atoms with Gasteiger partial charge in [0.15, 0.2) is 0 Å². The van der Waals surface area contributed by atoms with Crippen LogP contribution in [0.3, 0.4) is 0 Å². The van der Waals surface area contributed by atoms with Gasteiger partial charge < -0.3 is 19.3 Å². The molecule has 0 aliphatic carbocycles. The van der Waals surface area contributed by atoms with Crippen LogP contribution in [0.5, 0.6) is 5.75 Å². The molecule has 2 aromatic carbocycles. The molecule has 0 saturated carbocycles. The topological polar surface area (TPSA) is 65.8 Å². The van der Waals surface area contributed by atoms with Gasteiger partial charge in [0, 0.05) is 44.8 Å². The number of cyclic esters (lactones) is 1. The Morgan fingerprint density at radius 2 is 1.74 bits per heavy atom. The average molecular weight is 473 g/mol. The van der Waals surface area contributed by atoms with Crippen molar-refractivity contribution in [2.45, 2.75) is 32.7 Å². The molecule has 0 radical (unpaired) electrons. The number of alkyl halides is 3. The standard InChI is InChI=1S/C25H26F3N3O3/c1-17-19(4-5-21-22(17)16-33-24(21)32)7-9-31-12-10-30(11-13-31)8-6-18-2-3-20(15-29)23(14-18)34-25(26,27)28/h2-5,14H,6-13,16H2,1H3. The van der Waals surface area contributed by atoms with Gasteiger partial charge in [-0.2, -0.15) is 5.26 Å². The number of hydrogen-bond donors (Lipinski definition) is 0. The Kier molecular flexibility index (Phi) is 7.10. The molecule has 0 amide bonds. The minimum Gasteiger partial charge on any atom is -0.457 e. The van der Waals surface area contributed by atoms with Crippen molar-refractivity contribution in [3.8, 4) is 11.8 Å². The van der Waals surface area contributed by atoms with E-state index in [1.807, 2.05) is 19.1 Å². The molecular weight excluding hydrogens is 447 g/mol. The van der Waals surface area contributed by atoms with Crippen LogP contribution in [0.25, 0.3) is 0 Å². The van der Waals surface area contributed by atoms with E-state index in [9.17, 15) is 18.0 Å². The monoisotopic (exact) mass is 473 g/mol. The van der Waals surface area contributed by atoms with Gasteiger partial charge in [-0.05, 0) is 54.7 Å². The minimum atomic E-state index is -4.83. The predicted molar refractivity (Wildman–Crippen MR) is 118 cm³/mol. The highest BCUT2D eigenvalue weighted by Gasteiger charge is 2.32. The quantitative estimate of drug-likeness (QED) is 0.570. The Morgan fingerprint density at radius 3 is 2.38 bits per heavy atom. The lowest BCUT2D eigenvalue weighted by atomic mass is 9.96. The number of esters is 1. The van der Waals surface area contributed by atoms with Crippen molar-refractivity contribution < 1.29 is 27.4 Å². The van der Waals surface area contributed by atoms with E-state index in [1.54, 1.807) is 12.1 Å². The maximum absolute atomic E-state index is 12.6. The zero-order valence-electron chi connectivity index (χ0n) is 19.0. The summed E-state index contributed by atoms with van der Waals surface area (Å²) < 4.78 is 47.0. The summed E-state index contributed by atoms with van der Waals surface area (Å²) in [6.45, 7) is 7.65. The summed E-state index contributed by atoms with van der Waals surface area (Å²) >= 11 is 0. The van der Waals surface area contributed by atoms with Crippen molar-refractivity contribution in [1.29, 1.82) is 5.26 Å². The molecule has 4 rings (SSSR count). The SMILES string of the molecule is Cc1c(CCN2CCN(CCc3ccc(C#N)c(OC(F)(F)F)c3)CC2)ccc2c1COC2=O. The summed E-state index contributed by atoms with van der Waals surface area (Å²) in [5.74, 6) is -0.694. The molecule has 2 heterocycles. The normalized spacial score (nSPS) is 16.7. The van der Waals surface area contributed by atoms with Crippen molar-refractivity contribution in [2.24, 2.45) is 0 Å². The van der Waals surface area contributed by atoms with Crippen molar-refractivity contribution in [3.05, 3.63) is 63.7 Å². The lowest BCUT2D eigenvalue weighted by Gasteiger charge is -2.34. The number of carbonyl (C=O) groups is 1. The second-order valence-electron chi connectivity index (χ2n) is 8.63. The van der Waals surface area contributed by atoms with Crippen LogP contribution in [0.4, 0.5) is 13.2 Å². The van der Waals surface area contributed by atoms with Crippen molar-refractivity contribution in [3.63, 3.8) is 0 Å². The van der Waals surface area contributed by atoms with Gasteiger partial charge in [0.1, 0.15) is 18.4 Å². The number of nitriles is 1. The molecule has 1 saturated heterocycles. The molecule has 0 bridgehead atoms. The van der Waals surface area contributed by atoms with E-state index >= 15 is 0 Å². The molecule has 2 aliphatic heterocycles. The molecule has 0 N–H and O–H groups in total. The number of nitrogens with zero attached hydrogens (tertiary/aromatic N) is 3. The lowest BCUT2D eigenvalue weighted by molar-refractivity contribution is -0.274. The highest BCUT2D eigenvalue weighted by molar-refractivity contribution is 5.93. The molecule has 6 nitrogen and oxygen atoms in total. The Bertz CT molecular complexity index is 1100. The molecule has 0 spiro atoms. The van der Waals surface area contributed by atoms with Gasteiger partial charge in [-0.15, -0.1) is 13.2 Å². The second kappa shape index (κ2) is 10.0. The van der Waals surface area contributed by atoms with E-state index in [0.29, 0.717) is 24.2 Å². The third kappa shape index (κ3) is 5.69. The van der Waals surface area contributed by atoms with Gasteiger partial charge in [0.05, 0.1) is 11.1 Å². The summed E-state index contributed by atoms with van der Waals surface area (Å²) in [6, 6.07) is 9.97. The number of rotatable bonds is 7. The van der Waals surface area contributed by atoms with E-state index in [4.69, 9.17) is 10.00 Å². The van der Waals surface area contributed by atoms with E-state index in [1.165, 1.54) is 17.7 Å². The molecular formula is C25H26F3N3O3. The summed E-state index contributed by atoms with van der Waals surface area (Å²) in [5.41, 5.74) is 4.62. The van der Waals surface area contributed by atoms with Crippen LogP contribution >= 0.6 is 0 Å². The van der Waals surface area contributed by atoms with Crippen LogP contribution in [-0.4, -0.2) is 61.4 Å². The van der Waals surface area contributed by atoms with Gasteiger partial charge in [0.2, 0.25) is 0 Å². The summed E-state index contributed by atoms with van der Waals surface area (Å²) in [4.78, 5) is 16.4. The largest absolute Gasteiger partial charge is 0.573 e. The van der Waals surface area contributed by atoms with Crippen molar-refractivity contribution in [2.75, 3.05) is 39.3 Å². The zero-order chi connectivity index (χ0) is 24.3. The Morgan fingerprint density at radius 1 is 1.06 bits per heavy atom. The van der Waals surface area contributed by atoms with Gasteiger partial charge >= 0.3 is 12.3 Å². The van der Waals surface area contributed by atoms with Gasteiger partial charge in [-0.1, -0.05) is 12.1 Å². The Hall–Kier alpha value is -3.09. The van der Waals surface area contributed by atoms with Gasteiger partial charge in [-0.25, -0.2) is 4.79 Å². The van der Waals surface area contributed by atoms with E-state index in [2.05, 4.69) is 14.5 Å². The number of carbonyl (C=O) groups excluding carboxylic acids is 1. The third-order valence-electron chi connectivity index (χ3n) is 6.55. The number of halogens is 3. The van der Waals surface area contributed by atoms with Crippen LogP contribution in [0.1, 0.15) is 38.2 Å². The fourth-order valence-electron chi connectivity index (χ4n) is 4.49. The number of hydrogen-bond acceptors (Lipinski definition) is 6. The first-order valence-corrected chi connectivity index (χ1v) is 11.3. The first-order valence-electron chi connectivity index (χ1n) is 11.3. The summed E-state index contributed by atoms with van der Waals surface area (Å²) in [7, 11) is 0. The second-order valence-corrected chi connectivity index (χ2v) is 8.63. The fraction of sp³-hybridized carbons (Fsp3) is 0.440. The molecule has 0 aromatic heterocycles. The van der Waals surface area contributed by atoms with Gasteiger partial charge in [0.25, 0.3) is 0 Å². The minimum absolute atomic E-state index is 0.132. The molecule has 1 fully saturated rings. The van der Waals surface area contributed by atoms with E-state index in [0.717, 1.165) is 56.8 Å². The smallest absolute Gasteiger partial charge is 0.457 e. The third-order valence-corrected chi connectivity index (χ3v) is 6.55. The summed E-state index contributed by atoms with van der Waals surface area (Å²) in [5, 5.41) is 9.02. The average Bonchev–Trinajstić information content (AvgIpc) is 3.18. The highest BCUT2D eigenvalue weighted by Crippen LogP contribution is 2.28. The molecule has 2 aliphatic rings. The number of fused-ring (bicyclic) bond motifs is 1. The molecule has 0 unspecified atom stereocenters. The van der Waals surface area contributed by atoms with Crippen LogP contribution in [0.2, 0.25) is 0 Å². The maximum Gasteiger partial charge on any atom is 0.573 e. The fourth-order valence-corrected chi connectivity index (χ4v) is 4.49. The number of ether oxygens (including phenoxy) is 2. The zero-order valence-corrected chi connectivity index (χ0v) is 19.0. The Labute approximate surface area is 196 Å². The molecule has 34 heavy (non-hydrogen) atoms. The van der Waals surface area contributed by atoms with E-state index < -0.39 is 12.1 Å². The van der Waals surface area contributed by atoms with Crippen LogP contribution in [0, 0.1) is 18.3 Å². The van der Waals surface area contributed by atoms with Crippen molar-refractivity contribution >= 4 is 5.97 Å².